The van der Waals surface area contributed by atoms with E-state index in [4.69, 9.17) is 5.73 Å². The number of nitrogens with two attached hydrogens (primary N) is 1. The Morgan fingerprint density at radius 2 is 1.32 bits per heavy atom. The van der Waals surface area contributed by atoms with Crippen molar-refractivity contribution in [3.63, 3.8) is 0 Å². The smallest absolute Gasteiger partial charge is 0.407 e. The lowest BCUT2D eigenvalue weighted by molar-refractivity contribution is -0.125. The number of aryl methyl sites for hydroxylation is 2. The van der Waals surface area contributed by atoms with Crippen LogP contribution in [-0.2, 0) is 20.7 Å². The first-order chi connectivity index (χ1) is 17.2. The molecule has 7 amide bonds. The average Bonchev–Trinajstić information content (AvgIpc) is 3.54. The third-order valence-electron chi connectivity index (χ3n) is 5.74. The molecule has 0 aromatic carbocycles. The highest BCUT2D eigenvalue weighted by molar-refractivity contribution is 6.99. The highest BCUT2D eigenvalue weighted by Crippen LogP contribution is 2.30. The Labute approximate surface area is 231 Å². The zero-order valence-corrected chi connectivity index (χ0v) is 23.4. The summed E-state index contributed by atoms with van der Waals surface area (Å²) in [6.45, 7) is 8.18. The first-order valence-electron chi connectivity index (χ1n) is 10.7. The van der Waals surface area contributed by atoms with Gasteiger partial charge in [0.2, 0.25) is 0 Å². The number of hydrogen-bond donors (Lipinski definition) is 6. The first kappa shape index (κ1) is 30.7. The van der Waals surface area contributed by atoms with Gasteiger partial charge in [0.25, 0.3) is 11.8 Å². The van der Waals surface area contributed by atoms with Crippen molar-refractivity contribution in [2.45, 2.75) is 51.2 Å². The largest absolute Gasteiger partial charge is 0.465 e. The molecule has 0 aliphatic carbocycles. The molecule has 0 saturated carbocycles. The predicted octanol–water partition coefficient (Wildman–Crippen LogP) is -0.0786. The van der Waals surface area contributed by atoms with E-state index in [-0.39, 0.29) is 31.2 Å². The zero-order valence-electron chi connectivity index (χ0n) is 20.9. The van der Waals surface area contributed by atoms with Gasteiger partial charge in [0, 0.05) is 12.1 Å². The minimum Gasteiger partial charge on any atom is -0.465 e. The van der Waals surface area contributed by atoms with Gasteiger partial charge in [-0.25, -0.2) is 14.4 Å². The van der Waals surface area contributed by atoms with Gasteiger partial charge in [-0.2, -0.15) is 17.5 Å². The molecule has 0 unspecified atom stereocenters. The fourth-order valence-corrected chi connectivity index (χ4v) is 5.05. The maximum Gasteiger partial charge on any atom is 0.407 e. The average molecular weight is 591 g/mol. The molecular formula is C19H27ClN10O6S2. The summed E-state index contributed by atoms with van der Waals surface area (Å²) in [6.07, 6.45) is -1.19. The van der Waals surface area contributed by atoms with Crippen LogP contribution in [0.2, 0.25) is 0 Å². The summed E-state index contributed by atoms with van der Waals surface area (Å²) in [6, 6.07) is -1.24. The molecule has 7 N–H and O–H groups in total. The van der Waals surface area contributed by atoms with Crippen LogP contribution >= 0.6 is 35.9 Å². The van der Waals surface area contributed by atoms with Gasteiger partial charge >= 0.3 is 18.2 Å². The maximum absolute atomic E-state index is 12.4. The van der Waals surface area contributed by atoms with E-state index in [0.717, 1.165) is 28.4 Å². The topological polar surface area (TPSA) is 235 Å². The molecule has 2 atom stereocenters. The fraction of sp³-hybridized carbons (Fsp3) is 0.526. The number of nitrogens with one attached hydrogen (secondary N) is 4. The maximum atomic E-state index is 12.4. The second-order valence-electron chi connectivity index (χ2n) is 9.27. The number of carboxylic acid groups (broad SMARTS) is 1. The van der Waals surface area contributed by atoms with Gasteiger partial charge in [-0.05, 0) is 34.6 Å². The molecule has 2 fully saturated rings. The zero-order chi connectivity index (χ0) is 27.8. The van der Waals surface area contributed by atoms with Crippen LogP contribution in [-0.4, -0.2) is 76.1 Å². The number of halogens is 1. The van der Waals surface area contributed by atoms with Gasteiger partial charge in [-0.15, -0.1) is 12.4 Å². The van der Waals surface area contributed by atoms with Gasteiger partial charge in [0.1, 0.15) is 11.4 Å². The van der Waals surface area contributed by atoms with Crippen molar-refractivity contribution in [2.24, 2.45) is 5.73 Å². The van der Waals surface area contributed by atoms with E-state index in [1.54, 1.807) is 34.6 Å². The highest BCUT2D eigenvalue weighted by Gasteiger charge is 2.53. The lowest BCUT2D eigenvalue weighted by atomic mass is 9.91. The molecule has 2 saturated heterocycles. The van der Waals surface area contributed by atoms with Crippen molar-refractivity contribution in [3.8, 4) is 0 Å². The van der Waals surface area contributed by atoms with Gasteiger partial charge in [0.15, 0.2) is 11.1 Å². The lowest BCUT2D eigenvalue weighted by Gasteiger charge is -2.38. The Balaban J connectivity index is 0.000000277. The van der Waals surface area contributed by atoms with E-state index in [0.29, 0.717) is 17.1 Å². The molecule has 2 aliphatic rings. The van der Waals surface area contributed by atoms with E-state index in [1.165, 1.54) is 0 Å². The van der Waals surface area contributed by atoms with E-state index in [9.17, 15) is 29.1 Å². The van der Waals surface area contributed by atoms with Crippen molar-refractivity contribution in [2.75, 3.05) is 13.1 Å². The minimum absolute atomic E-state index is 0. The van der Waals surface area contributed by atoms with Crippen molar-refractivity contribution in [1.29, 1.82) is 0 Å². The molecule has 38 heavy (non-hydrogen) atoms. The predicted molar refractivity (Wildman–Crippen MR) is 137 cm³/mol. The van der Waals surface area contributed by atoms with Crippen LogP contribution < -0.4 is 27.0 Å². The van der Waals surface area contributed by atoms with Crippen LogP contribution in [0.4, 0.5) is 14.4 Å². The Hall–Kier alpha value is -3.48. The summed E-state index contributed by atoms with van der Waals surface area (Å²) in [5, 5.41) is 18.7. The van der Waals surface area contributed by atoms with Crippen LogP contribution in [0.3, 0.4) is 0 Å². The van der Waals surface area contributed by atoms with Crippen molar-refractivity contribution >= 4 is 65.8 Å². The molecule has 4 rings (SSSR count). The number of rotatable bonds is 5. The second-order valence-corrected chi connectivity index (χ2v) is 10.3. The van der Waals surface area contributed by atoms with Crippen LogP contribution in [0, 0.1) is 13.8 Å². The molecule has 4 heterocycles. The number of carbonyl (C=O) groups is 5. The quantitative estimate of drug-likeness (QED) is 0.252. The fourth-order valence-electron chi connectivity index (χ4n) is 3.81. The van der Waals surface area contributed by atoms with Crippen LogP contribution in [0.25, 0.3) is 0 Å². The number of imide groups is 2. The lowest BCUT2D eigenvalue weighted by Crippen LogP contribution is -2.58. The third kappa shape index (κ3) is 5.52. The number of nitrogens with zero attached hydrogens (tertiary/aromatic N) is 5. The van der Waals surface area contributed by atoms with Crippen LogP contribution in [0.1, 0.15) is 43.5 Å². The molecule has 19 heteroatoms. The normalized spacial score (nSPS) is 22.4. The van der Waals surface area contributed by atoms with Crippen molar-refractivity contribution < 1.29 is 29.1 Å². The molecule has 0 bridgehead atoms. The van der Waals surface area contributed by atoms with Gasteiger partial charge in [-0.1, -0.05) is 0 Å². The highest BCUT2D eigenvalue weighted by atomic mass is 35.5. The molecule has 16 nitrogen and oxygen atoms in total. The third-order valence-corrected chi connectivity index (χ3v) is 6.98. The van der Waals surface area contributed by atoms with Gasteiger partial charge in [0.05, 0.1) is 41.4 Å². The number of hydrogen-bond acceptors (Lipinski definition) is 12. The number of amides is 7. The second kappa shape index (κ2) is 11.1. The number of aromatic nitrogens is 4. The SMILES string of the molecule is Cc1nsnc1[C@@]1(CN(C(=O)O)C(C)(C)C)NC(=O)NC1=O.Cc1nsnc1[C@@]1(CN)NC(=O)NC1=O.Cl. The van der Waals surface area contributed by atoms with Gasteiger partial charge < -0.3 is 26.4 Å². The monoisotopic (exact) mass is 590 g/mol. The Morgan fingerprint density at radius 1 is 0.895 bits per heavy atom. The molecular weight excluding hydrogens is 564 g/mol. The first-order valence-corrected chi connectivity index (χ1v) is 12.2. The van der Waals surface area contributed by atoms with E-state index < -0.39 is 46.6 Å². The molecule has 208 valence electrons. The Kier molecular flexibility index (Phi) is 8.98. The summed E-state index contributed by atoms with van der Waals surface area (Å²) in [5.41, 5.74) is 3.71. The van der Waals surface area contributed by atoms with E-state index in [1.807, 2.05) is 0 Å². The Bertz CT molecular complexity index is 1260. The summed E-state index contributed by atoms with van der Waals surface area (Å²) in [7, 11) is 0. The van der Waals surface area contributed by atoms with Crippen LogP contribution in [0.5, 0.6) is 0 Å². The van der Waals surface area contributed by atoms with Crippen LogP contribution in [0.15, 0.2) is 0 Å². The standard InChI is InChI=1S/C12H17N5O4S.C7H9N5O2S.ClH/c1-6-7(16-22-15-6)12(8(18)13-9(19)14-12)5-17(10(20)21)11(2,3)4;1-3-4(12-15-11-3)7(2-8)5(13)9-6(14)10-7;/h5H2,1-4H3,(H,20,21)(H2,13,14,18,19);2,8H2,1H3,(H2,9,10,13,14);1H/t12-;7-;/m11./s1. The molecule has 0 radical (unpaired) electrons. The summed E-state index contributed by atoms with van der Waals surface area (Å²) in [4.78, 5) is 59.4. The Morgan fingerprint density at radius 3 is 1.61 bits per heavy atom. The molecule has 2 aromatic heterocycles. The minimum atomic E-state index is -1.57. The molecule has 2 aromatic rings. The molecule has 2 aliphatic heterocycles. The summed E-state index contributed by atoms with van der Waals surface area (Å²) < 4.78 is 16.1. The van der Waals surface area contributed by atoms with Gasteiger partial charge in [-0.3, -0.25) is 20.2 Å². The van der Waals surface area contributed by atoms with E-state index in [2.05, 4.69) is 38.8 Å². The van der Waals surface area contributed by atoms with Crippen molar-refractivity contribution in [1.82, 2.24) is 43.7 Å². The van der Waals surface area contributed by atoms with Crippen molar-refractivity contribution in [3.05, 3.63) is 22.8 Å². The summed E-state index contributed by atoms with van der Waals surface area (Å²) in [5.74, 6) is -1.12. The van der Waals surface area contributed by atoms with E-state index >= 15 is 0 Å². The summed E-state index contributed by atoms with van der Waals surface area (Å²) >= 11 is 1.88. The number of carbonyl (C=O) groups excluding carboxylic acids is 4. The number of urea groups is 2. The molecule has 0 spiro atoms.